The zero-order valence-corrected chi connectivity index (χ0v) is 11.3. The van der Waals surface area contributed by atoms with Gasteiger partial charge in [0.2, 0.25) is 0 Å². The van der Waals surface area contributed by atoms with Crippen LogP contribution in [0, 0.1) is 0 Å². The zero-order valence-electron chi connectivity index (χ0n) is 11.3. The Balaban J connectivity index is 0.000000574. The third-order valence-electron chi connectivity index (χ3n) is 3.27. The normalized spacial score (nSPS) is 22.6. The van der Waals surface area contributed by atoms with Crippen LogP contribution in [0.15, 0.2) is 54.1 Å². The van der Waals surface area contributed by atoms with Crippen LogP contribution in [0.4, 0.5) is 0 Å². The zero-order chi connectivity index (χ0) is 12.8. The lowest BCUT2D eigenvalue weighted by Gasteiger charge is -2.18. The minimum Gasteiger partial charge on any atom is -0.372 e. The van der Waals surface area contributed by atoms with Crippen molar-refractivity contribution in [3.63, 3.8) is 0 Å². The molecule has 0 amide bonds. The summed E-state index contributed by atoms with van der Waals surface area (Å²) in [6.45, 7) is 4.91. The highest BCUT2D eigenvalue weighted by molar-refractivity contribution is 5.38. The van der Waals surface area contributed by atoms with Crippen LogP contribution in [0.2, 0.25) is 0 Å². The van der Waals surface area contributed by atoms with E-state index >= 15 is 0 Å². The Hall–Kier alpha value is -1.34. The van der Waals surface area contributed by atoms with E-state index in [0.29, 0.717) is 12.0 Å². The molecule has 0 spiro atoms. The van der Waals surface area contributed by atoms with E-state index in [0.717, 1.165) is 6.61 Å². The van der Waals surface area contributed by atoms with E-state index in [1.807, 2.05) is 13.8 Å². The Labute approximate surface area is 110 Å². The van der Waals surface area contributed by atoms with Crippen molar-refractivity contribution >= 4 is 0 Å². The van der Waals surface area contributed by atoms with Crippen LogP contribution < -0.4 is 0 Å². The van der Waals surface area contributed by atoms with Gasteiger partial charge in [0, 0.05) is 5.92 Å². The molecule has 1 saturated heterocycles. The van der Waals surface area contributed by atoms with Crippen molar-refractivity contribution in [2.24, 2.45) is 0 Å². The van der Waals surface area contributed by atoms with Crippen LogP contribution >= 0.6 is 0 Å². The molecule has 1 aliphatic heterocycles. The lowest BCUT2D eigenvalue weighted by molar-refractivity contribution is 0.389. The molecule has 0 saturated carbocycles. The highest BCUT2D eigenvalue weighted by Crippen LogP contribution is 2.37. The summed E-state index contributed by atoms with van der Waals surface area (Å²) in [7, 11) is 0. The van der Waals surface area contributed by atoms with Crippen molar-refractivity contribution in [2.75, 3.05) is 6.61 Å². The summed E-state index contributed by atoms with van der Waals surface area (Å²) in [5, 5.41) is 0. The third-order valence-corrected chi connectivity index (χ3v) is 3.27. The third kappa shape index (κ3) is 3.11. The molecule has 2 atom stereocenters. The maximum Gasteiger partial charge on any atom is 0.0918 e. The number of epoxide rings is 1. The molecule has 3 rings (SSSR count). The Bertz CT molecular complexity index is 412. The topological polar surface area (TPSA) is 12.5 Å². The first-order valence-corrected chi connectivity index (χ1v) is 6.98. The van der Waals surface area contributed by atoms with Crippen LogP contribution in [0.1, 0.15) is 38.2 Å². The van der Waals surface area contributed by atoms with Gasteiger partial charge in [-0.3, -0.25) is 0 Å². The van der Waals surface area contributed by atoms with Crippen molar-refractivity contribution < 1.29 is 4.74 Å². The van der Waals surface area contributed by atoms with Gasteiger partial charge in [0.25, 0.3) is 0 Å². The predicted molar refractivity (Wildman–Crippen MR) is 76.7 cm³/mol. The summed E-state index contributed by atoms with van der Waals surface area (Å²) in [6, 6.07) is 10.7. The predicted octanol–water partition coefficient (Wildman–Crippen LogP) is 4.47. The van der Waals surface area contributed by atoms with Gasteiger partial charge >= 0.3 is 0 Å². The van der Waals surface area contributed by atoms with E-state index in [1.54, 1.807) is 0 Å². The molecule has 2 unspecified atom stereocenters. The minimum atomic E-state index is 0.399. The van der Waals surface area contributed by atoms with Crippen molar-refractivity contribution in [3.05, 3.63) is 59.7 Å². The van der Waals surface area contributed by atoms with Crippen LogP contribution in [0.25, 0.3) is 0 Å². The molecule has 0 bridgehead atoms. The Morgan fingerprint density at radius 3 is 2.39 bits per heavy atom. The maximum absolute atomic E-state index is 5.50. The van der Waals surface area contributed by atoms with Crippen LogP contribution in [0.3, 0.4) is 0 Å². The first-order chi connectivity index (χ1) is 8.95. The first-order valence-electron chi connectivity index (χ1n) is 6.98. The molecule has 1 heteroatoms. The van der Waals surface area contributed by atoms with Crippen molar-refractivity contribution in [1.29, 1.82) is 0 Å². The van der Waals surface area contributed by atoms with Gasteiger partial charge in [-0.2, -0.15) is 0 Å². The van der Waals surface area contributed by atoms with Gasteiger partial charge in [0.1, 0.15) is 0 Å². The van der Waals surface area contributed by atoms with Gasteiger partial charge in [-0.15, -0.1) is 0 Å². The van der Waals surface area contributed by atoms with Crippen LogP contribution in [-0.4, -0.2) is 12.7 Å². The number of hydrogen-bond acceptors (Lipinski definition) is 1. The molecule has 1 nitrogen and oxygen atoms in total. The number of hydrogen-bond donors (Lipinski definition) is 0. The second-order valence-corrected chi connectivity index (χ2v) is 4.44. The largest absolute Gasteiger partial charge is 0.372 e. The standard InChI is InChI=1S/C15H16O.C2H6/c1-3-7-12(8-4-1)15(14-11-16-14)13-9-5-2-6-10-13;1-2/h1,3-5,7-10,14-15H,2,6,11H2;1-2H3. The van der Waals surface area contributed by atoms with Gasteiger partial charge in [-0.25, -0.2) is 0 Å². The highest BCUT2D eigenvalue weighted by Gasteiger charge is 2.35. The summed E-state index contributed by atoms with van der Waals surface area (Å²) in [6.07, 6.45) is 9.64. The van der Waals surface area contributed by atoms with E-state index in [2.05, 4.69) is 48.6 Å². The van der Waals surface area contributed by atoms with E-state index in [1.165, 1.54) is 24.0 Å². The van der Waals surface area contributed by atoms with Crippen molar-refractivity contribution in [3.8, 4) is 0 Å². The van der Waals surface area contributed by atoms with E-state index in [-0.39, 0.29) is 0 Å². The summed E-state index contributed by atoms with van der Waals surface area (Å²) >= 11 is 0. The van der Waals surface area contributed by atoms with Gasteiger partial charge in [0.15, 0.2) is 0 Å². The number of ether oxygens (including phenoxy) is 1. The summed E-state index contributed by atoms with van der Waals surface area (Å²) in [5.41, 5.74) is 2.81. The fourth-order valence-corrected chi connectivity index (χ4v) is 2.39. The van der Waals surface area contributed by atoms with Crippen molar-refractivity contribution in [2.45, 2.75) is 38.7 Å². The number of benzene rings is 1. The second-order valence-electron chi connectivity index (χ2n) is 4.44. The Kier molecular flexibility index (Phi) is 4.77. The monoisotopic (exact) mass is 242 g/mol. The molecule has 1 aliphatic carbocycles. The summed E-state index contributed by atoms with van der Waals surface area (Å²) in [4.78, 5) is 0. The molecule has 1 fully saturated rings. The molecule has 1 heterocycles. The molecule has 96 valence electrons. The molecule has 0 aromatic heterocycles. The molecule has 18 heavy (non-hydrogen) atoms. The lowest BCUT2D eigenvalue weighted by atomic mass is 9.86. The average Bonchev–Trinajstić information content (AvgIpc) is 3.29. The van der Waals surface area contributed by atoms with Gasteiger partial charge in [-0.05, 0) is 24.0 Å². The van der Waals surface area contributed by atoms with Crippen LogP contribution in [0.5, 0.6) is 0 Å². The van der Waals surface area contributed by atoms with Gasteiger partial charge < -0.3 is 4.74 Å². The highest BCUT2D eigenvalue weighted by atomic mass is 16.6. The fourth-order valence-electron chi connectivity index (χ4n) is 2.39. The van der Waals surface area contributed by atoms with Gasteiger partial charge in [-0.1, -0.05) is 62.4 Å². The lowest BCUT2D eigenvalue weighted by Crippen LogP contribution is -2.09. The van der Waals surface area contributed by atoms with Gasteiger partial charge in [0.05, 0.1) is 12.7 Å². The Morgan fingerprint density at radius 2 is 1.83 bits per heavy atom. The average molecular weight is 242 g/mol. The summed E-state index contributed by atoms with van der Waals surface area (Å²) in [5.74, 6) is 0.442. The second kappa shape index (κ2) is 6.55. The quantitative estimate of drug-likeness (QED) is 0.712. The maximum atomic E-state index is 5.50. The summed E-state index contributed by atoms with van der Waals surface area (Å²) < 4.78 is 5.50. The molecule has 1 aromatic rings. The molecular weight excluding hydrogens is 220 g/mol. The fraction of sp³-hybridized carbons (Fsp3) is 0.412. The van der Waals surface area contributed by atoms with Crippen molar-refractivity contribution in [1.82, 2.24) is 0 Å². The first kappa shape index (κ1) is 13.1. The molecule has 1 aromatic carbocycles. The van der Waals surface area contributed by atoms with Crippen LogP contribution in [-0.2, 0) is 4.74 Å². The van der Waals surface area contributed by atoms with E-state index in [9.17, 15) is 0 Å². The molecule has 0 N–H and O–H groups in total. The Morgan fingerprint density at radius 1 is 1.11 bits per heavy atom. The smallest absolute Gasteiger partial charge is 0.0918 e. The molecular formula is C17H22O. The SMILES string of the molecule is C1=CC(C(c2ccccc2)C2CO2)=CCC1.CC. The van der Waals surface area contributed by atoms with E-state index < -0.39 is 0 Å². The number of rotatable bonds is 3. The molecule has 0 radical (unpaired) electrons. The minimum absolute atomic E-state index is 0.399. The van der Waals surface area contributed by atoms with E-state index in [4.69, 9.17) is 4.74 Å². The number of allylic oxidation sites excluding steroid dienone is 3. The molecule has 2 aliphatic rings.